The van der Waals surface area contributed by atoms with Gasteiger partial charge in [0.1, 0.15) is 5.82 Å². The number of halogens is 1. The van der Waals surface area contributed by atoms with Crippen molar-refractivity contribution < 1.29 is 14.4 Å². The zero-order valence-electron chi connectivity index (χ0n) is 7.07. The van der Waals surface area contributed by atoms with Crippen LogP contribution in [0.25, 0.3) is 10.1 Å². The molecule has 4 N–H and O–H groups in total. The predicted molar refractivity (Wildman–Crippen MR) is 56.0 cm³/mol. The lowest BCUT2D eigenvalue weighted by molar-refractivity contribution is 0.426. The molecule has 6 heteroatoms. The molecule has 0 spiro atoms. The molecule has 0 bridgehead atoms. The van der Waals surface area contributed by atoms with Crippen molar-refractivity contribution in [3.05, 3.63) is 24.0 Å². The van der Waals surface area contributed by atoms with Gasteiger partial charge in [0, 0.05) is 0 Å². The molecule has 72 valence electrons. The Morgan fingerprint density at radius 1 is 1.36 bits per heavy atom. The fourth-order valence-corrected chi connectivity index (χ4v) is 2.22. The number of anilines is 1. The van der Waals surface area contributed by atoms with Gasteiger partial charge < -0.3 is 15.8 Å². The summed E-state index contributed by atoms with van der Waals surface area (Å²) in [5, 5.41) is 18.9. The lowest BCUT2D eigenvalue weighted by atomic mass is 9.78. The van der Waals surface area contributed by atoms with Crippen LogP contribution in [-0.2, 0) is 0 Å². The summed E-state index contributed by atoms with van der Waals surface area (Å²) in [5.41, 5.74) is 5.79. The van der Waals surface area contributed by atoms with Crippen molar-refractivity contribution in [1.82, 2.24) is 0 Å². The van der Waals surface area contributed by atoms with Gasteiger partial charge in [-0.3, -0.25) is 0 Å². The van der Waals surface area contributed by atoms with Crippen LogP contribution in [0.2, 0.25) is 0 Å². The largest absolute Gasteiger partial charge is 0.489 e. The second-order valence-corrected chi connectivity index (χ2v) is 3.99. The van der Waals surface area contributed by atoms with Crippen LogP contribution in [0.5, 0.6) is 0 Å². The standard InChI is InChI=1S/C8H7BFNO2S/c10-6-2-1-5(9(12)13)4-3-7(11)14-8(4)6/h1-3,12-13H,11H2. The lowest BCUT2D eigenvalue weighted by Crippen LogP contribution is -2.30. The topological polar surface area (TPSA) is 66.5 Å². The van der Waals surface area contributed by atoms with Gasteiger partial charge in [-0.15, -0.1) is 11.3 Å². The average molecular weight is 211 g/mol. The quantitative estimate of drug-likeness (QED) is 0.594. The average Bonchev–Trinajstić information content (AvgIpc) is 2.47. The van der Waals surface area contributed by atoms with Gasteiger partial charge in [-0.05, 0) is 23.0 Å². The molecule has 0 amide bonds. The van der Waals surface area contributed by atoms with Crippen molar-refractivity contribution in [2.24, 2.45) is 0 Å². The Balaban J connectivity index is 2.81. The zero-order valence-corrected chi connectivity index (χ0v) is 7.88. The molecule has 0 aliphatic rings. The van der Waals surface area contributed by atoms with E-state index in [-0.39, 0.29) is 5.46 Å². The SMILES string of the molecule is Nc1cc2c(B(O)O)ccc(F)c2s1. The number of fused-ring (bicyclic) bond motifs is 1. The molecule has 0 saturated carbocycles. The van der Waals surface area contributed by atoms with Crippen molar-refractivity contribution in [2.75, 3.05) is 5.73 Å². The van der Waals surface area contributed by atoms with Crippen molar-refractivity contribution in [2.45, 2.75) is 0 Å². The van der Waals surface area contributed by atoms with Crippen LogP contribution in [0, 0.1) is 5.82 Å². The van der Waals surface area contributed by atoms with E-state index < -0.39 is 12.9 Å². The second-order valence-electron chi connectivity index (χ2n) is 2.90. The molecule has 0 saturated heterocycles. The van der Waals surface area contributed by atoms with E-state index in [1.54, 1.807) is 0 Å². The molecular formula is C8H7BFNO2S. The summed E-state index contributed by atoms with van der Waals surface area (Å²) in [6, 6.07) is 4.08. The molecule has 3 nitrogen and oxygen atoms in total. The van der Waals surface area contributed by atoms with Gasteiger partial charge >= 0.3 is 7.12 Å². The van der Waals surface area contributed by atoms with Crippen LogP contribution in [0.1, 0.15) is 0 Å². The summed E-state index contributed by atoms with van der Waals surface area (Å²) < 4.78 is 13.6. The van der Waals surface area contributed by atoms with Gasteiger partial charge in [0.2, 0.25) is 0 Å². The fourth-order valence-electron chi connectivity index (χ4n) is 1.36. The Morgan fingerprint density at radius 2 is 2.07 bits per heavy atom. The molecule has 2 aromatic rings. The maximum absolute atomic E-state index is 13.2. The monoisotopic (exact) mass is 211 g/mol. The number of benzene rings is 1. The van der Waals surface area contributed by atoms with Crippen LogP contribution in [0.3, 0.4) is 0 Å². The Labute approximate surface area is 83.7 Å². The van der Waals surface area contributed by atoms with Gasteiger partial charge in [-0.1, -0.05) is 6.07 Å². The van der Waals surface area contributed by atoms with Gasteiger partial charge in [0.25, 0.3) is 0 Å². The third-order valence-electron chi connectivity index (χ3n) is 1.97. The van der Waals surface area contributed by atoms with E-state index in [0.717, 1.165) is 11.3 Å². The summed E-state index contributed by atoms with van der Waals surface area (Å²) in [6.45, 7) is 0. The minimum atomic E-state index is -1.60. The highest BCUT2D eigenvalue weighted by Crippen LogP contribution is 2.28. The van der Waals surface area contributed by atoms with E-state index >= 15 is 0 Å². The highest BCUT2D eigenvalue weighted by atomic mass is 32.1. The highest BCUT2D eigenvalue weighted by Gasteiger charge is 2.17. The summed E-state index contributed by atoms with van der Waals surface area (Å²) in [4.78, 5) is 0. The molecule has 1 heterocycles. The van der Waals surface area contributed by atoms with Gasteiger partial charge in [0.05, 0.1) is 9.70 Å². The lowest BCUT2D eigenvalue weighted by Gasteiger charge is -2.01. The molecule has 0 aliphatic heterocycles. The number of hydrogen-bond acceptors (Lipinski definition) is 4. The van der Waals surface area contributed by atoms with E-state index in [2.05, 4.69) is 0 Å². The highest BCUT2D eigenvalue weighted by molar-refractivity contribution is 7.22. The molecule has 0 atom stereocenters. The van der Waals surface area contributed by atoms with Gasteiger partial charge in [-0.25, -0.2) is 4.39 Å². The van der Waals surface area contributed by atoms with E-state index in [0.29, 0.717) is 15.1 Å². The minimum absolute atomic E-state index is 0.273. The van der Waals surface area contributed by atoms with E-state index in [4.69, 9.17) is 15.8 Å². The summed E-state index contributed by atoms with van der Waals surface area (Å²) in [5.74, 6) is -0.397. The molecule has 0 fully saturated rings. The Morgan fingerprint density at radius 3 is 2.71 bits per heavy atom. The summed E-state index contributed by atoms with van der Waals surface area (Å²) in [7, 11) is -1.60. The second kappa shape index (κ2) is 3.23. The van der Waals surface area contributed by atoms with E-state index in [1.807, 2.05) is 0 Å². The molecular weight excluding hydrogens is 204 g/mol. The van der Waals surface area contributed by atoms with Crippen molar-refractivity contribution in [3.8, 4) is 0 Å². The number of thiophene rings is 1. The third-order valence-corrected chi connectivity index (χ3v) is 2.94. The molecule has 2 rings (SSSR count). The Kier molecular flexibility index (Phi) is 2.18. The zero-order chi connectivity index (χ0) is 10.3. The molecule has 14 heavy (non-hydrogen) atoms. The van der Waals surface area contributed by atoms with Crippen LogP contribution in [0.15, 0.2) is 18.2 Å². The van der Waals surface area contributed by atoms with Gasteiger partial charge in [0.15, 0.2) is 0 Å². The Hall–Kier alpha value is -1.11. The molecule has 0 unspecified atom stereocenters. The van der Waals surface area contributed by atoms with Crippen LogP contribution >= 0.6 is 11.3 Å². The Bertz CT molecular complexity index is 485. The first-order valence-corrected chi connectivity index (χ1v) is 4.75. The van der Waals surface area contributed by atoms with E-state index in [1.165, 1.54) is 18.2 Å². The number of rotatable bonds is 1. The van der Waals surface area contributed by atoms with Crippen molar-refractivity contribution in [3.63, 3.8) is 0 Å². The first-order chi connectivity index (χ1) is 6.59. The van der Waals surface area contributed by atoms with Crippen molar-refractivity contribution in [1.29, 1.82) is 0 Å². The van der Waals surface area contributed by atoms with Crippen LogP contribution in [-0.4, -0.2) is 17.2 Å². The predicted octanol–water partition coefficient (Wildman–Crippen LogP) is 0.302. The molecule has 0 aliphatic carbocycles. The number of nitrogens with two attached hydrogens (primary N) is 1. The smallest absolute Gasteiger partial charge is 0.423 e. The molecule has 0 radical (unpaired) electrons. The first kappa shape index (κ1) is 9.45. The van der Waals surface area contributed by atoms with E-state index in [9.17, 15) is 4.39 Å². The summed E-state index contributed by atoms with van der Waals surface area (Å²) in [6.07, 6.45) is 0. The maximum Gasteiger partial charge on any atom is 0.489 e. The number of nitrogen functional groups attached to an aromatic ring is 1. The summed E-state index contributed by atoms with van der Waals surface area (Å²) >= 11 is 1.09. The number of hydrogen-bond donors (Lipinski definition) is 3. The first-order valence-electron chi connectivity index (χ1n) is 3.93. The fraction of sp³-hybridized carbons (Fsp3) is 0. The maximum atomic E-state index is 13.2. The minimum Gasteiger partial charge on any atom is -0.423 e. The van der Waals surface area contributed by atoms with Crippen LogP contribution in [0.4, 0.5) is 9.39 Å². The third kappa shape index (κ3) is 1.37. The molecule has 1 aromatic heterocycles. The normalized spacial score (nSPS) is 10.8. The van der Waals surface area contributed by atoms with Crippen LogP contribution < -0.4 is 11.2 Å². The van der Waals surface area contributed by atoms with Crippen molar-refractivity contribution >= 4 is 39.0 Å². The van der Waals surface area contributed by atoms with Gasteiger partial charge in [-0.2, -0.15) is 0 Å². The molecule has 1 aromatic carbocycles.